The molecule has 0 aromatic heterocycles. The highest BCUT2D eigenvalue weighted by molar-refractivity contribution is 5.81. The Bertz CT molecular complexity index is 446. The van der Waals surface area contributed by atoms with Crippen molar-refractivity contribution in [2.45, 2.75) is 53.2 Å². The van der Waals surface area contributed by atoms with Gasteiger partial charge in [0.1, 0.15) is 11.5 Å². The van der Waals surface area contributed by atoms with E-state index < -0.39 is 6.10 Å². The lowest BCUT2D eigenvalue weighted by Gasteiger charge is -2.28. The lowest BCUT2D eigenvalue weighted by Crippen LogP contribution is -2.48. The molecule has 0 aliphatic rings. The van der Waals surface area contributed by atoms with Crippen LogP contribution in [0.5, 0.6) is 11.5 Å². The van der Waals surface area contributed by atoms with Gasteiger partial charge in [0.2, 0.25) is 0 Å². The van der Waals surface area contributed by atoms with Crippen LogP contribution in [0.25, 0.3) is 0 Å². The van der Waals surface area contributed by atoms with Crippen LogP contribution in [0.1, 0.15) is 41.0 Å². The van der Waals surface area contributed by atoms with Crippen molar-refractivity contribution in [3.05, 3.63) is 24.3 Å². The van der Waals surface area contributed by atoms with Gasteiger partial charge in [-0.3, -0.25) is 4.79 Å². The summed E-state index contributed by atoms with van der Waals surface area (Å²) >= 11 is 0. The number of carbonyl (C=O) groups is 1. The Kier molecular flexibility index (Phi) is 7.22. The van der Waals surface area contributed by atoms with Gasteiger partial charge in [-0.1, -0.05) is 34.6 Å². The molecule has 0 fully saturated rings. The van der Waals surface area contributed by atoms with Crippen LogP contribution in [-0.2, 0) is 4.79 Å². The fraction of sp³-hybridized carbons (Fsp3) is 0.611. The third-order valence-corrected chi connectivity index (χ3v) is 3.75. The van der Waals surface area contributed by atoms with Crippen LogP contribution >= 0.6 is 0 Å². The first kappa shape index (κ1) is 18.3. The molecule has 1 N–H and O–H groups in total. The highest BCUT2D eigenvalue weighted by Crippen LogP contribution is 2.19. The summed E-state index contributed by atoms with van der Waals surface area (Å²) in [7, 11) is 1.62. The van der Waals surface area contributed by atoms with E-state index in [2.05, 4.69) is 33.0 Å². The quantitative estimate of drug-likeness (QED) is 0.797. The molecule has 22 heavy (non-hydrogen) atoms. The van der Waals surface area contributed by atoms with Crippen molar-refractivity contribution in [2.75, 3.05) is 7.11 Å². The number of benzene rings is 1. The Morgan fingerprint density at radius 1 is 1.05 bits per heavy atom. The zero-order valence-corrected chi connectivity index (χ0v) is 14.6. The van der Waals surface area contributed by atoms with Gasteiger partial charge in [0.25, 0.3) is 5.91 Å². The van der Waals surface area contributed by atoms with Gasteiger partial charge in [0, 0.05) is 6.04 Å². The first-order valence-electron chi connectivity index (χ1n) is 8.00. The normalized spacial score (nSPS) is 12.6. The zero-order valence-electron chi connectivity index (χ0n) is 14.6. The summed E-state index contributed by atoms with van der Waals surface area (Å²) in [6.07, 6.45) is 0.147. The number of amides is 1. The van der Waals surface area contributed by atoms with Gasteiger partial charge in [-0.05, 0) is 42.5 Å². The first-order valence-corrected chi connectivity index (χ1v) is 8.00. The minimum absolute atomic E-state index is 0.0503. The standard InChI is InChI=1S/C18H29NO3/c1-7-16(18(20)19-17(12(2)3)13(4)5)22-15-10-8-14(21-6)9-11-15/h8-13,16-17H,7H2,1-6H3,(H,19,20). The second-order valence-corrected chi connectivity index (χ2v) is 6.21. The maximum absolute atomic E-state index is 12.5. The molecule has 1 rings (SSSR count). The number of methoxy groups -OCH3 is 1. The summed E-state index contributed by atoms with van der Waals surface area (Å²) in [4.78, 5) is 12.5. The molecule has 1 unspecified atom stereocenters. The third-order valence-electron chi connectivity index (χ3n) is 3.75. The molecule has 124 valence electrons. The molecule has 1 aromatic carbocycles. The van der Waals surface area contributed by atoms with Gasteiger partial charge in [0.05, 0.1) is 7.11 Å². The third kappa shape index (κ3) is 5.24. The van der Waals surface area contributed by atoms with E-state index in [4.69, 9.17) is 9.47 Å². The second kappa shape index (κ2) is 8.66. The monoisotopic (exact) mass is 307 g/mol. The Hall–Kier alpha value is -1.71. The van der Waals surface area contributed by atoms with Crippen molar-refractivity contribution < 1.29 is 14.3 Å². The maximum atomic E-state index is 12.5. The number of ether oxygens (including phenoxy) is 2. The van der Waals surface area contributed by atoms with Crippen molar-refractivity contribution >= 4 is 5.91 Å². The van der Waals surface area contributed by atoms with E-state index in [1.165, 1.54) is 0 Å². The average molecular weight is 307 g/mol. The Morgan fingerprint density at radius 2 is 1.55 bits per heavy atom. The summed E-state index contributed by atoms with van der Waals surface area (Å²) in [5.41, 5.74) is 0. The molecule has 4 heteroatoms. The molecule has 0 radical (unpaired) electrons. The van der Waals surface area contributed by atoms with E-state index in [1.807, 2.05) is 31.2 Å². The number of hydrogen-bond acceptors (Lipinski definition) is 3. The molecule has 1 aromatic rings. The van der Waals surface area contributed by atoms with E-state index in [0.29, 0.717) is 24.0 Å². The van der Waals surface area contributed by atoms with Crippen molar-refractivity contribution in [3.8, 4) is 11.5 Å². The molecular formula is C18H29NO3. The van der Waals surface area contributed by atoms with Crippen molar-refractivity contribution in [3.63, 3.8) is 0 Å². The van der Waals surface area contributed by atoms with Gasteiger partial charge in [-0.2, -0.15) is 0 Å². The van der Waals surface area contributed by atoms with Crippen LogP contribution in [0.4, 0.5) is 0 Å². The summed E-state index contributed by atoms with van der Waals surface area (Å²) in [6.45, 7) is 10.4. The highest BCUT2D eigenvalue weighted by Gasteiger charge is 2.25. The number of hydrogen-bond donors (Lipinski definition) is 1. The van der Waals surface area contributed by atoms with Gasteiger partial charge in [-0.15, -0.1) is 0 Å². The van der Waals surface area contributed by atoms with E-state index >= 15 is 0 Å². The molecule has 0 aliphatic heterocycles. The Morgan fingerprint density at radius 3 is 1.95 bits per heavy atom. The minimum Gasteiger partial charge on any atom is -0.497 e. The lowest BCUT2D eigenvalue weighted by atomic mass is 9.93. The largest absolute Gasteiger partial charge is 0.497 e. The summed E-state index contributed by atoms with van der Waals surface area (Å²) < 4.78 is 10.9. The SMILES string of the molecule is CCC(Oc1ccc(OC)cc1)C(=O)NC(C(C)C)C(C)C. The first-order chi connectivity index (χ1) is 10.4. The molecule has 0 spiro atoms. The van der Waals surface area contributed by atoms with Crippen molar-refractivity contribution in [2.24, 2.45) is 11.8 Å². The number of carbonyl (C=O) groups excluding carboxylic acids is 1. The van der Waals surface area contributed by atoms with Gasteiger partial charge >= 0.3 is 0 Å². The highest BCUT2D eigenvalue weighted by atomic mass is 16.5. The van der Waals surface area contributed by atoms with Gasteiger partial charge in [-0.25, -0.2) is 0 Å². The average Bonchev–Trinajstić information content (AvgIpc) is 2.49. The molecule has 0 aliphatic carbocycles. The summed E-state index contributed by atoms with van der Waals surface area (Å²) in [6, 6.07) is 7.44. The Labute approximate surface area is 134 Å². The maximum Gasteiger partial charge on any atom is 0.261 e. The van der Waals surface area contributed by atoms with Crippen LogP contribution < -0.4 is 14.8 Å². The van der Waals surface area contributed by atoms with Gasteiger partial charge in [0.15, 0.2) is 6.10 Å². The van der Waals surface area contributed by atoms with Crippen LogP contribution in [0.3, 0.4) is 0 Å². The molecule has 1 atom stereocenters. The van der Waals surface area contributed by atoms with Crippen molar-refractivity contribution in [1.82, 2.24) is 5.32 Å². The molecular weight excluding hydrogens is 278 g/mol. The van der Waals surface area contributed by atoms with Crippen LogP contribution in [0, 0.1) is 11.8 Å². The molecule has 0 saturated heterocycles. The second-order valence-electron chi connectivity index (χ2n) is 6.21. The van der Waals surface area contributed by atoms with E-state index in [1.54, 1.807) is 7.11 Å². The van der Waals surface area contributed by atoms with Crippen LogP contribution in [0.15, 0.2) is 24.3 Å². The molecule has 4 nitrogen and oxygen atoms in total. The summed E-state index contributed by atoms with van der Waals surface area (Å²) in [5, 5.41) is 3.12. The molecule has 0 bridgehead atoms. The molecule has 1 amide bonds. The summed E-state index contributed by atoms with van der Waals surface area (Å²) in [5.74, 6) is 2.17. The van der Waals surface area contributed by atoms with Crippen LogP contribution in [-0.4, -0.2) is 25.2 Å². The Balaban J connectivity index is 2.71. The predicted octanol–water partition coefficient (Wildman–Crippen LogP) is 3.65. The predicted molar refractivity (Wildman–Crippen MR) is 89.3 cm³/mol. The topological polar surface area (TPSA) is 47.6 Å². The fourth-order valence-electron chi connectivity index (χ4n) is 2.50. The van der Waals surface area contributed by atoms with E-state index in [0.717, 1.165) is 5.75 Å². The number of nitrogens with one attached hydrogen (secondary N) is 1. The zero-order chi connectivity index (χ0) is 16.7. The fourth-order valence-corrected chi connectivity index (χ4v) is 2.50. The molecule has 0 saturated carbocycles. The minimum atomic E-state index is -0.478. The number of rotatable bonds is 8. The lowest BCUT2D eigenvalue weighted by molar-refractivity contribution is -0.129. The molecule has 0 heterocycles. The van der Waals surface area contributed by atoms with E-state index in [-0.39, 0.29) is 11.9 Å². The van der Waals surface area contributed by atoms with Crippen molar-refractivity contribution in [1.29, 1.82) is 0 Å². The van der Waals surface area contributed by atoms with Gasteiger partial charge < -0.3 is 14.8 Å². The van der Waals surface area contributed by atoms with E-state index in [9.17, 15) is 4.79 Å². The smallest absolute Gasteiger partial charge is 0.261 e. The van der Waals surface area contributed by atoms with Crippen LogP contribution in [0.2, 0.25) is 0 Å².